The molecule has 0 saturated heterocycles. The summed E-state index contributed by atoms with van der Waals surface area (Å²) in [5, 5.41) is -14.5. The summed E-state index contributed by atoms with van der Waals surface area (Å²) in [4.78, 5) is 0. The molecular weight excluding hydrogens is 582 g/mol. The lowest BCUT2D eigenvalue weighted by atomic mass is 9.93. The molecule has 0 unspecified atom stereocenters. The Bertz CT molecular complexity index is 845. The quantitative estimate of drug-likeness (QED) is 0.199. The Kier molecular flexibility index (Phi) is 7.44. The van der Waals surface area contributed by atoms with Crippen molar-refractivity contribution in [2.24, 2.45) is 0 Å². The Morgan fingerprint density at radius 1 is 0.515 bits per heavy atom. The van der Waals surface area contributed by atoms with Gasteiger partial charge in [0.1, 0.15) is 0 Å². The summed E-state index contributed by atoms with van der Waals surface area (Å²) in [6, 6.07) is 0. The lowest BCUT2D eigenvalue weighted by Crippen LogP contribution is -2.73. The van der Waals surface area contributed by atoms with Crippen molar-refractivity contribution in [1.29, 1.82) is 0 Å². The van der Waals surface area contributed by atoms with E-state index >= 15 is 0 Å². The van der Waals surface area contributed by atoms with Crippen LogP contribution in [0.5, 0.6) is 0 Å². The average Bonchev–Trinajstić information content (AvgIpc) is 2.50. The predicted octanol–water partition coefficient (Wildman–Crippen LogP) is 5.33. The highest BCUT2D eigenvalue weighted by Crippen LogP contribution is 2.63. The summed E-state index contributed by atoms with van der Waals surface area (Å²) >= 11 is 3.28. The van der Waals surface area contributed by atoms with Gasteiger partial charge in [0.25, 0.3) is 0 Å². The second kappa shape index (κ2) is 7.70. The van der Waals surface area contributed by atoms with Crippen LogP contribution in [0, 0.1) is 0 Å². The molecule has 33 heavy (non-hydrogen) atoms. The molecule has 0 fully saturated rings. The SMILES string of the molecule is O=S(=O)([O-])C(F)(F)C(F)(F)OC(F)(F)C(F)(F)C(F)(F)C(F)(F)C(F)(F)C(F)(F)C(F)(F)Cl. The van der Waals surface area contributed by atoms with Crippen LogP contribution in [0.2, 0.25) is 0 Å². The van der Waals surface area contributed by atoms with Crippen LogP contribution in [0.1, 0.15) is 0 Å². The summed E-state index contributed by atoms with van der Waals surface area (Å²) in [5.41, 5.74) is 0. The maximum Gasteiger partial charge on any atom is 0.438 e. The molecule has 0 aromatic carbocycles. The van der Waals surface area contributed by atoms with E-state index < -0.39 is 62.6 Å². The molecule has 0 aliphatic carbocycles. The van der Waals surface area contributed by atoms with Gasteiger partial charge in [0.2, 0.25) is 0 Å². The third kappa shape index (κ3) is 4.36. The van der Waals surface area contributed by atoms with E-state index in [2.05, 4.69) is 11.6 Å². The van der Waals surface area contributed by atoms with Crippen molar-refractivity contribution in [3.8, 4) is 0 Å². The number of alkyl halides is 19. The minimum atomic E-state index is -8.86. The summed E-state index contributed by atoms with van der Waals surface area (Å²) < 4.78 is 263. The fraction of sp³-hybridized carbons (Fsp3) is 1.00. The predicted molar refractivity (Wildman–Crippen MR) is 61.2 cm³/mol. The molecule has 0 amide bonds. The van der Waals surface area contributed by atoms with Gasteiger partial charge in [-0.05, 0) is 11.6 Å². The van der Waals surface area contributed by atoms with E-state index in [1.165, 1.54) is 0 Å². The monoisotopic (exact) mass is 581 g/mol. The average molecular weight is 582 g/mol. The molecule has 200 valence electrons. The van der Waals surface area contributed by atoms with Gasteiger partial charge in [0, 0.05) is 0 Å². The van der Waals surface area contributed by atoms with Crippen LogP contribution in [-0.2, 0) is 14.9 Å². The van der Waals surface area contributed by atoms with Gasteiger partial charge < -0.3 is 4.55 Å². The van der Waals surface area contributed by atoms with Crippen molar-refractivity contribution in [2.75, 3.05) is 0 Å². The molecule has 0 spiro atoms. The molecule has 0 heterocycles. The molecule has 0 aliphatic rings. The molecule has 0 aromatic rings. The smallest absolute Gasteiger partial charge is 0.438 e. The highest BCUT2D eigenvalue weighted by molar-refractivity contribution is 7.86. The number of rotatable bonds is 10. The van der Waals surface area contributed by atoms with E-state index in [-0.39, 0.29) is 0 Å². The zero-order chi connectivity index (χ0) is 27.7. The molecule has 0 radical (unpaired) electrons. The Hall–Kier alpha value is -1.10. The molecule has 0 N–H and O–H groups in total. The van der Waals surface area contributed by atoms with Crippen molar-refractivity contribution in [2.45, 2.75) is 52.5 Å². The lowest BCUT2D eigenvalue weighted by Gasteiger charge is -2.42. The fourth-order valence-electron chi connectivity index (χ4n) is 1.38. The van der Waals surface area contributed by atoms with Gasteiger partial charge in [-0.15, -0.1) is 0 Å². The summed E-state index contributed by atoms with van der Waals surface area (Å²) in [7, 11) is -7.89. The van der Waals surface area contributed by atoms with E-state index in [1.807, 2.05) is 0 Å². The van der Waals surface area contributed by atoms with Gasteiger partial charge in [-0.25, -0.2) is 13.2 Å². The maximum atomic E-state index is 13.2. The third-order valence-corrected chi connectivity index (χ3v) is 4.31. The standard InChI is InChI=1S/C9HClF18O4S/c10-6(21,22)4(17,18)2(13,14)1(11,12)3(15,16)5(19,20)7(23,24)32-8(25,26)9(27,28)33(29,30)31/h(H,29,30,31)/p-1. The van der Waals surface area contributed by atoms with Gasteiger partial charge >= 0.3 is 52.5 Å². The first-order valence-corrected chi connectivity index (χ1v) is 8.24. The van der Waals surface area contributed by atoms with Crippen LogP contribution in [0.25, 0.3) is 0 Å². The first kappa shape index (κ1) is 31.9. The van der Waals surface area contributed by atoms with E-state index in [0.29, 0.717) is 0 Å². The molecule has 0 rings (SSSR count). The van der Waals surface area contributed by atoms with E-state index in [4.69, 9.17) is 0 Å². The van der Waals surface area contributed by atoms with Gasteiger partial charge in [-0.2, -0.15) is 79.0 Å². The van der Waals surface area contributed by atoms with Crippen molar-refractivity contribution < 1.29 is 96.7 Å². The summed E-state index contributed by atoms with van der Waals surface area (Å²) in [5.74, 6) is -42.9. The van der Waals surface area contributed by atoms with Crippen molar-refractivity contribution in [1.82, 2.24) is 0 Å². The molecule has 0 aromatic heterocycles. The topological polar surface area (TPSA) is 66.4 Å². The van der Waals surface area contributed by atoms with E-state index in [1.54, 1.807) is 0 Å². The highest BCUT2D eigenvalue weighted by atomic mass is 35.5. The van der Waals surface area contributed by atoms with Gasteiger partial charge in [0.05, 0.1) is 0 Å². The zero-order valence-corrected chi connectivity index (χ0v) is 15.3. The largest absolute Gasteiger partial charge is 0.743 e. The zero-order valence-electron chi connectivity index (χ0n) is 13.7. The second-order valence-corrected chi connectivity index (χ2v) is 7.37. The molecule has 24 heteroatoms. The Morgan fingerprint density at radius 2 is 0.788 bits per heavy atom. The first-order valence-electron chi connectivity index (χ1n) is 6.45. The minimum Gasteiger partial charge on any atom is -0.743 e. The van der Waals surface area contributed by atoms with Crippen molar-refractivity contribution >= 4 is 21.7 Å². The molecule has 0 atom stereocenters. The summed E-state index contributed by atoms with van der Waals surface area (Å²) in [6.07, 6.45) is -16.1. The molecule has 0 saturated carbocycles. The summed E-state index contributed by atoms with van der Waals surface area (Å²) in [6.45, 7) is 0. The van der Waals surface area contributed by atoms with Crippen LogP contribution in [-0.4, -0.2) is 65.4 Å². The van der Waals surface area contributed by atoms with Crippen LogP contribution in [0.3, 0.4) is 0 Å². The number of halogens is 19. The van der Waals surface area contributed by atoms with Crippen LogP contribution in [0.4, 0.5) is 79.0 Å². The second-order valence-electron chi connectivity index (χ2n) is 5.48. The first-order chi connectivity index (χ1) is 13.7. The van der Waals surface area contributed by atoms with Crippen LogP contribution < -0.4 is 0 Å². The Balaban J connectivity index is 6.73. The molecule has 4 nitrogen and oxygen atoms in total. The van der Waals surface area contributed by atoms with Gasteiger partial charge in [0.15, 0.2) is 10.1 Å². The minimum absolute atomic E-state index is 1.06. The van der Waals surface area contributed by atoms with Gasteiger partial charge in [-0.1, -0.05) is 0 Å². The van der Waals surface area contributed by atoms with E-state index in [9.17, 15) is 92.0 Å². The Morgan fingerprint density at radius 3 is 1.06 bits per heavy atom. The molecule has 0 bridgehead atoms. The van der Waals surface area contributed by atoms with Crippen LogP contribution >= 0.6 is 11.6 Å². The Labute approximate surface area is 172 Å². The highest BCUT2D eigenvalue weighted by Gasteiger charge is 2.94. The number of hydrogen-bond acceptors (Lipinski definition) is 4. The lowest BCUT2D eigenvalue weighted by molar-refractivity contribution is -0.501. The van der Waals surface area contributed by atoms with Crippen LogP contribution in [0.15, 0.2) is 0 Å². The number of hydrogen-bond donors (Lipinski definition) is 0. The van der Waals surface area contributed by atoms with Crippen molar-refractivity contribution in [3.63, 3.8) is 0 Å². The van der Waals surface area contributed by atoms with Crippen molar-refractivity contribution in [3.05, 3.63) is 0 Å². The molecular formula is C9ClF18O4S-. The van der Waals surface area contributed by atoms with Gasteiger partial charge in [-0.3, -0.25) is 0 Å². The third-order valence-electron chi connectivity index (χ3n) is 3.21. The normalized spacial score (nSPS) is 16.8. The number of ether oxygens (including phenoxy) is 1. The van der Waals surface area contributed by atoms with E-state index in [0.717, 1.165) is 4.74 Å². The maximum absolute atomic E-state index is 13.2. The fourth-order valence-corrected chi connectivity index (χ4v) is 1.83. The molecule has 0 aliphatic heterocycles.